The molecular weight excluding hydrogens is 274 g/mol. The number of nitrogens with zero attached hydrogens (tertiary/aromatic N) is 2. The molecule has 1 aliphatic heterocycles. The molecule has 0 fully saturated rings. The molecule has 21 heavy (non-hydrogen) atoms. The van der Waals surface area contributed by atoms with Gasteiger partial charge in [0.25, 0.3) is 17.5 Å². The molecule has 0 aliphatic carbocycles. The standard InChI is InChI=1S/C14H17N3O4/c1-2-7-15-8-4-9-16-13(18)10-5-3-6-11(17(20)21)12(10)14(16)19/h3,5-6,15H,2,4,7-9H2,1H3. The van der Waals surface area contributed by atoms with E-state index in [2.05, 4.69) is 12.2 Å². The van der Waals surface area contributed by atoms with Crippen molar-refractivity contribution in [3.63, 3.8) is 0 Å². The summed E-state index contributed by atoms with van der Waals surface area (Å²) in [5.74, 6) is -1.02. The molecule has 1 aromatic rings. The van der Waals surface area contributed by atoms with Gasteiger partial charge in [-0.2, -0.15) is 0 Å². The van der Waals surface area contributed by atoms with Gasteiger partial charge in [-0.1, -0.05) is 13.0 Å². The first-order valence-electron chi connectivity index (χ1n) is 6.92. The van der Waals surface area contributed by atoms with E-state index < -0.39 is 16.7 Å². The second-order valence-corrected chi connectivity index (χ2v) is 4.82. The molecular formula is C14H17N3O4. The number of fused-ring (bicyclic) bond motifs is 1. The molecule has 0 unspecified atom stereocenters. The molecule has 0 aromatic heterocycles. The molecule has 7 heteroatoms. The number of carbonyl (C=O) groups excluding carboxylic acids is 2. The fourth-order valence-electron chi connectivity index (χ4n) is 2.33. The van der Waals surface area contributed by atoms with Crippen molar-refractivity contribution in [2.45, 2.75) is 19.8 Å². The van der Waals surface area contributed by atoms with E-state index in [0.717, 1.165) is 17.9 Å². The number of amides is 2. The van der Waals surface area contributed by atoms with Crippen LogP contribution >= 0.6 is 0 Å². The molecule has 2 rings (SSSR count). The van der Waals surface area contributed by atoms with Crippen LogP contribution in [-0.4, -0.2) is 41.3 Å². The minimum absolute atomic E-state index is 0.0889. The Morgan fingerprint density at radius 3 is 2.67 bits per heavy atom. The third-order valence-corrected chi connectivity index (χ3v) is 3.34. The van der Waals surface area contributed by atoms with E-state index >= 15 is 0 Å². The lowest BCUT2D eigenvalue weighted by Gasteiger charge is -2.13. The van der Waals surface area contributed by atoms with Crippen molar-refractivity contribution in [3.05, 3.63) is 39.4 Å². The summed E-state index contributed by atoms with van der Waals surface area (Å²) < 4.78 is 0. The van der Waals surface area contributed by atoms with Crippen LogP contribution in [0.2, 0.25) is 0 Å². The first-order chi connectivity index (χ1) is 10.1. The molecule has 1 aromatic carbocycles. The van der Waals surface area contributed by atoms with Crippen LogP contribution in [0.5, 0.6) is 0 Å². The predicted molar refractivity (Wildman–Crippen MR) is 76.2 cm³/mol. The largest absolute Gasteiger partial charge is 0.317 e. The summed E-state index contributed by atoms with van der Waals surface area (Å²) in [6.07, 6.45) is 1.64. The third-order valence-electron chi connectivity index (χ3n) is 3.34. The summed E-state index contributed by atoms with van der Waals surface area (Å²) in [4.78, 5) is 35.8. The van der Waals surface area contributed by atoms with Gasteiger partial charge in [0.05, 0.1) is 10.5 Å². The number of hydrogen-bond donors (Lipinski definition) is 1. The Kier molecular flexibility index (Phi) is 4.64. The van der Waals surface area contributed by atoms with Crippen molar-refractivity contribution in [1.82, 2.24) is 10.2 Å². The Morgan fingerprint density at radius 1 is 1.24 bits per heavy atom. The second-order valence-electron chi connectivity index (χ2n) is 4.82. The summed E-state index contributed by atoms with van der Waals surface area (Å²) >= 11 is 0. The molecule has 1 N–H and O–H groups in total. The lowest BCUT2D eigenvalue weighted by molar-refractivity contribution is -0.385. The Bertz CT molecular complexity index is 586. The molecule has 1 heterocycles. The van der Waals surface area contributed by atoms with E-state index in [0.29, 0.717) is 13.0 Å². The summed E-state index contributed by atoms with van der Waals surface area (Å²) in [6.45, 7) is 3.90. The normalized spacial score (nSPS) is 13.7. The fraction of sp³-hybridized carbons (Fsp3) is 0.429. The third kappa shape index (κ3) is 2.92. The smallest absolute Gasteiger partial charge is 0.282 e. The number of nitrogens with one attached hydrogen (secondary N) is 1. The molecule has 7 nitrogen and oxygen atoms in total. The van der Waals surface area contributed by atoms with Crippen molar-refractivity contribution >= 4 is 17.5 Å². The first kappa shape index (κ1) is 15.1. The fourth-order valence-corrected chi connectivity index (χ4v) is 2.33. The number of imide groups is 1. The van der Waals surface area contributed by atoms with Crippen LogP contribution in [0.25, 0.3) is 0 Å². The Balaban J connectivity index is 2.11. The van der Waals surface area contributed by atoms with E-state index in [9.17, 15) is 19.7 Å². The maximum Gasteiger partial charge on any atom is 0.282 e. The van der Waals surface area contributed by atoms with Gasteiger partial charge in [0.2, 0.25) is 0 Å². The van der Waals surface area contributed by atoms with Gasteiger partial charge in [-0.25, -0.2) is 0 Å². The maximum absolute atomic E-state index is 12.2. The zero-order valence-electron chi connectivity index (χ0n) is 11.8. The van der Waals surface area contributed by atoms with Gasteiger partial charge in [-0.05, 0) is 32.0 Å². The molecule has 0 radical (unpaired) electrons. The Hall–Kier alpha value is -2.28. The van der Waals surface area contributed by atoms with Crippen molar-refractivity contribution in [2.24, 2.45) is 0 Å². The highest BCUT2D eigenvalue weighted by Gasteiger charge is 2.40. The van der Waals surface area contributed by atoms with Crippen molar-refractivity contribution in [2.75, 3.05) is 19.6 Å². The minimum atomic E-state index is -0.629. The molecule has 0 bridgehead atoms. The average molecular weight is 291 g/mol. The molecule has 0 saturated carbocycles. The molecule has 112 valence electrons. The van der Waals surface area contributed by atoms with E-state index in [1.165, 1.54) is 18.2 Å². The number of carbonyl (C=O) groups is 2. The maximum atomic E-state index is 12.2. The molecule has 0 saturated heterocycles. The first-order valence-corrected chi connectivity index (χ1v) is 6.92. The topological polar surface area (TPSA) is 92.6 Å². The lowest BCUT2D eigenvalue weighted by atomic mass is 10.1. The molecule has 0 spiro atoms. The van der Waals surface area contributed by atoms with Crippen LogP contribution in [0.15, 0.2) is 18.2 Å². The molecule has 0 atom stereocenters. The number of nitro benzene ring substituents is 1. The highest BCUT2D eigenvalue weighted by molar-refractivity contribution is 6.23. The second kappa shape index (κ2) is 6.45. The van der Waals surface area contributed by atoms with E-state index in [1.54, 1.807) is 0 Å². The summed E-state index contributed by atoms with van der Waals surface area (Å²) in [5, 5.41) is 14.1. The predicted octanol–water partition coefficient (Wildman–Crippen LogP) is 1.58. The quantitative estimate of drug-likeness (QED) is 0.356. The van der Waals surface area contributed by atoms with Crippen LogP contribution in [0, 0.1) is 10.1 Å². The SMILES string of the molecule is CCCNCCCN1C(=O)c2cccc([N+](=O)[O-])c2C1=O. The number of benzene rings is 1. The van der Waals surface area contributed by atoms with Gasteiger partial charge in [0.15, 0.2) is 0 Å². The number of rotatable bonds is 7. The van der Waals surface area contributed by atoms with E-state index in [-0.39, 0.29) is 23.4 Å². The number of nitro groups is 1. The zero-order chi connectivity index (χ0) is 15.4. The van der Waals surface area contributed by atoms with Crippen LogP contribution in [-0.2, 0) is 0 Å². The van der Waals surface area contributed by atoms with Crippen molar-refractivity contribution in [1.29, 1.82) is 0 Å². The zero-order valence-corrected chi connectivity index (χ0v) is 11.8. The van der Waals surface area contributed by atoms with Crippen LogP contribution in [0.3, 0.4) is 0 Å². The summed E-state index contributed by atoms with van der Waals surface area (Å²) in [6, 6.07) is 4.13. The lowest BCUT2D eigenvalue weighted by Crippen LogP contribution is -2.32. The highest BCUT2D eigenvalue weighted by Crippen LogP contribution is 2.30. The van der Waals surface area contributed by atoms with Crippen LogP contribution < -0.4 is 5.32 Å². The van der Waals surface area contributed by atoms with Crippen LogP contribution in [0.4, 0.5) is 5.69 Å². The summed E-state index contributed by atoms with van der Waals surface area (Å²) in [5.41, 5.74) is -0.276. The van der Waals surface area contributed by atoms with Gasteiger partial charge in [0.1, 0.15) is 5.56 Å². The van der Waals surface area contributed by atoms with Gasteiger partial charge in [-0.3, -0.25) is 24.6 Å². The van der Waals surface area contributed by atoms with E-state index in [4.69, 9.17) is 0 Å². The van der Waals surface area contributed by atoms with Crippen molar-refractivity contribution < 1.29 is 14.5 Å². The molecule has 2 amide bonds. The minimum Gasteiger partial charge on any atom is -0.317 e. The van der Waals surface area contributed by atoms with Gasteiger partial charge >= 0.3 is 0 Å². The van der Waals surface area contributed by atoms with Gasteiger partial charge in [-0.15, -0.1) is 0 Å². The Labute approximate surface area is 122 Å². The average Bonchev–Trinajstić information content (AvgIpc) is 2.71. The van der Waals surface area contributed by atoms with Crippen LogP contribution in [0.1, 0.15) is 40.5 Å². The summed E-state index contributed by atoms with van der Waals surface area (Å²) in [7, 11) is 0. The van der Waals surface area contributed by atoms with Gasteiger partial charge < -0.3 is 5.32 Å². The molecule has 1 aliphatic rings. The monoisotopic (exact) mass is 291 g/mol. The highest BCUT2D eigenvalue weighted by atomic mass is 16.6. The number of hydrogen-bond acceptors (Lipinski definition) is 5. The van der Waals surface area contributed by atoms with Gasteiger partial charge in [0, 0.05) is 12.6 Å². The van der Waals surface area contributed by atoms with Crippen molar-refractivity contribution in [3.8, 4) is 0 Å². The Morgan fingerprint density at radius 2 is 2.00 bits per heavy atom. The van der Waals surface area contributed by atoms with E-state index in [1.807, 2.05) is 0 Å².